The smallest absolute Gasteiger partial charge is 0.141 e. The molecule has 1 aliphatic carbocycles. The highest BCUT2D eigenvalue weighted by molar-refractivity contribution is 5.29. The second-order valence-corrected chi connectivity index (χ2v) is 5.08. The monoisotopic (exact) mass is 248 g/mol. The molecule has 3 nitrogen and oxygen atoms in total. The Kier molecular flexibility index (Phi) is 4.59. The minimum Gasteiger partial charge on any atom is -0.487 e. The lowest BCUT2D eigenvalue weighted by Crippen LogP contribution is -2.32. The van der Waals surface area contributed by atoms with Gasteiger partial charge in [0.25, 0.3) is 0 Å². The number of nitrogens with zero attached hydrogens (tertiary/aromatic N) is 1. The van der Waals surface area contributed by atoms with E-state index in [1.807, 2.05) is 13.0 Å². The molecule has 1 N–H and O–H groups in total. The van der Waals surface area contributed by atoms with Crippen molar-refractivity contribution in [3.05, 3.63) is 23.5 Å². The zero-order valence-corrected chi connectivity index (χ0v) is 11.7. The molecule has 1 saturated carbocycles. The van der Waals surface area contributed by atoms with Crippen LogP contribution in [0.15, 0.2) is 12.1 Å². The fourth-order valence-corrected chi connectivity index (χ4v) is 1.99. The van der Waals surface area contributed by atoms with Gasteiger partial charge in [0.1, 0.15) is 11.9 Å². The molecule has 0 aliphatic heterocycles. The highest BCUT2D eigenvalue weighted by Gasteiger charge is 2.22. The molecule has 18 heavy (non-hydrogen) atoms. The molecule has 1 fully saturated rings. The van der Waals surface area contributed by atoms with Crippen molar-refractivity contribution in [3.63, 3.8) is 0 Å². The summed E-state index contributed by atoms with van der Waals surface area (Å²) in [6, 6.07) is 4.82. The van der Waals surface area contributed by atoms with E-state index in [1.165, 1.54) is 12.8 Å². The second kappa shape index (κ2) is 6.19. The van der Waals surface area contributed by atoms with E-state index in [-0.39, 0.29) is 6.10 Å². The maximum atomic E-state index is 6.09. The maximum absolute atomic E-state index is 6.09. The summed E-state index contributed by atoms with van der Waals surface area (Å²) < 4.78 is 6.09. The van der Waals surface area contributed by atoms with E-state index in [2.05, 4.69) is 30.2 Å². The molecule has 3 heteroatoms. The lowest BCUT2D eigenvalue weighted by molar-refractivity contribution is 0.190. The normalized spacial score (nSPS) is 16.6. The van der Waals surface area contributed by atoms with Crippen LogP contribution in [0.1, 0.15) is 44.5 Å². The first-order valence-corrected chi connectivity index (χ1v) is 7.09. The number of hydrogen-bond acceptors (Lipinski definition) is 3. The van der Waals surface area contributed by atoms with Crippen molar-refractivity contribution in [3.8, 4) is 5.75 Å². The quantitative estimate of drug-likeness (QED) is 0.805. The van der Waals surface area contributed by atoms with E-state index in [4.69, 9.17) is 4.74 Å². The average molecular weight is 248 g/mol. The van der Waals surface area contributed by atoms with Gasteiger partial charge in [-0.2, -0.15) is 0 Å². The Morgan fingerprint density at radius 2 is 2.17 bits per heavy atom. The first kappa shape index (κ1) is 13.3. The number of pyridine rings is 1. The van der Waals surface area contributed by atoms with E-state index in [0.29, 0.717) is 0 Å². The maximum Gasteiger partial charge on any atom is 0.141 e. The van der Waals surface area contributed by atoms with Gasteiger partial charge in [-0.3, -0.25) is 4.98 Å². The minimum absolute atomic E-state index is 0.250. The van der Waals surface area contributed by atoms with Crippen molar-refractivity contribution in [1.82, 2.24) is 10.3 Å². The van der Waals surface area contributed by atoms with Gasteiger partial charge in [-0.25, -0.2) is 0 Å². The Morgan fingerprint density at radius 3 is 2.78 bits per heavy atom. The molecule has 1 atom stereocenters. The van der Waals surface area contributed by atoms with Crippen LogP contribution >= 0.6 is 0 Å². The molecule has 0 spiro atoms. The summed E-state index contributed by atoms with van der Waals surface area (Å²) in [6.45, 7) is 7.26. The largest absolute Gasteiger partial charge is 0.487 e. The van der Waals surface area contributed by atoms with Crippen molar-refractivity contribution in [2.75, 3.05) is 6.54 Å². The molecular weight excluding hydrogens is 224 g/mol. The summed E-state index contributed by atoms with van der Waals surface area (Å²) in [5.74, 6) is 0.951. The lowest BCUT2D eigenvalue weighted by atomic mass is 10.2. The molecule has 100 valence electrons. The zero-order valence-electron chi connectivity index (χ0n) is 11.7. The van der Waals surface area contributed by atoms with Crippen LogP contribution in [0.2, 0.25) is 0 Å². The van der Waals surface area contributed by atoms with Crippen molar-refractivity contribution in [1.29, 1.82) is 0 Å². The van der Waals surface area contributed by atoms with Gasteiger partial charge in [0.15, 0.2) is 0 Å². The SMILES string of the molecule is CCc1nc(C)ccc1OC(CC)CNC1CC1. The third-order valence-corrected chi connectivity index (χ3v) is 3.37. The van der Waals surface area contributed by atoms with E-state index >= 15 is 0 Å². The fourth-order valence-electron chi connectivity index (χ4n) is 1.99. The first-order chi connectivity index (χ1) is 8.72. The van der Waals surface area contributed by atoms with Crippen LogP contribution in [0.25, 0.3) is 0 Å². The molecule has 1 aliphatic rings. The van der Waals surface area contributed by atoms with Crippen LogP contribution in [0.4, 0.5) is 0 Å². The fraction of sp³-hybridized carbons (Fsp3) is 0.667. The molecule has 0 amide bonds. The Bertz CT molecular complexity index is 388. The summed E-state index contributed by atoms with van der Waals surface area (Å²) >= 11 is 0. The minimum atomic E-state index is 0.250. The van der Waals surface area contributed by atoms with E-state index in [9.17, 15) is 0 Å². The van der Waals surface area contributed by atoms with Gasteiger partial charge >= 0.3 is 0 Å². The number of rotatable bonds is 7. The average Bonchev–Trinajstić information content (AvgIpc) is 3.20. The molecule has 1 aromatic heterocycles. The third-order valence-electron chi connectivity index (χ3n) is 3.37. The van der Waals surface area contributed by atoms with Gasteiger partial charge in [0.05, 0.1) is 5.69 Å². The number of nitrogens with one attached hydrogen (secondary N) is 1. The van der Waals surface area contributed by atoms with Crippen LogP contribution in [-0.2, 0) is 6.42 Å². The molecule has 0 radical (unpaired) electrons. The molecular formula is C15H24N2O. The van der Waals surface area contributed by atoms with Crippen molar-refractivity contribution >= 4 is 0 Å². The third kappa shape index (κ3) is 3.70. The predicted molar refractivity (Wildman–Crippen MR) is 74.1 cm³/mol. The number of aryl methyl sites for hydroxylation is 2. The highest BCUT2D eigenvalue weighted by atomic mass is 16.5. The van der Waals surface area contributed by atoms with Crippen LogP contribution in [0, 0.1) is 6.92 Å². The van der Waals surface area contributed by atoms with Gasteiger partial charge in [0, 0.05) is 18.3 Å². The standard InChI is InChI=1S/C15H24N2O/c1-4-13(10-16-12-7-8-12)18-15-9-6-11(3)17-14(15)5-2/h6,9,12-13,16H,4-5,7-8,10H2,1-3H3. The van der Waals surface area contributed by atoms with Gasteiger partial charge < -0.3 is 10.1 Å². The summed E-state index contributed by atoms with van der Waals surface area (Å²) in [5, 5.41) is 3.53. The molecule has 2 rings (SSSR count). The Balaban J connectivity index is 1.96. The lowest BCUT2D eigenvalue weighted by Gasteiger charge is -2.19. The number of hydrogen-bond donors (Lipinski definition) is 1. The van der Waals surface area contributed by atoms with Crippen molar-refractivity contribution in [2.45, 2.75) is 58.6 Å². The molecule has 0 saturated heterocycles. The van der Waals surface area contributed by atoms with Gasteiger partial charge in [0.2, 0.25) is 0 Å². The number of aromatic nitrogens is 1. The highest BCUT2D eigenvalue weighted by Crippen LogP contribution is 2.21. The molecule has 0 bridgehead atoms. The summed E-state index contributed by atoms with van der Waals surface area (Å²) in [7, 11) is 0. The Hall–Kier alpha value is -1.09. The Labute approximate surface area is 110 Å². The summed E-state index contributed by atoms with van der Waals surface area (Å²) in [6.07, 6.45) is 4.84. The first-order valence-electron chi connectivity index (χ1n) is 7.09. The topological polar surface area (TPSA) is 34.1 Å². The summed E-state index contributed by atoms with van der Waals surface area (Å²) in [4.78, 5) is 4.54. The molecule has 1 unspecified atom stereocenters. The Morgan fingerprint density at radius 1 is 1.39 bits per heavy atom. The van der Waals surface area contributed by atoms with E-state index < -0.39 is 0 Å². The van der Waals surface area contributed by atoms with Crippen LogP contribution < -0.4 is 10.1 Å². The second-order valence-electron chi connectivity index (χ2n) is 5.08. The van der Waals surface area contributed by atoms with Crippen molar-refractivity contribution in [2.24, 2.45) is 0 Å². The van der Waals surface area contributed by atoms with Crippen LogP contribution in [-0.4, -0.2) is 23.7 Å². The number of ether oxygens (including phenoxy) is 1. The predicted octanol–water partition coefficient (Wildman–Crippen LogP) is 2.86. The molecule has 0 aromatic carbocycles. The van der Waals surface area contributed by atoms with Crippen LogP contribution in [0.3, 0.4) is 0 Å². The van der Waals surface area contributed by atoms with E-state index in [0.717, 1.165) is 42.6 Å². The summed E-state index contributed by atoms with van der Waals surface area (Å²) in [5.41, 5.74) is 2.13. The van der Waals surface area contributed by atoms with Gasteiger partial charge in [-0.05, 0) is 44.7 Å². The zero-order chi connectivity index (χ0) is 13.0. The molecule has 1 heterocycles. The van der Waals surface area contributed by atoms with Gasteiger partial charge in [-0.1, -0.05) is 13.8 Å². The van der Waals surface area contributed by atoms with E-state index in [1.54, 1.807) is 0 Å². The van der Waals surface area contributed by atoms with Gasteiger partial charge in [-0.15, -0.1) is 0 Å². The molecule has 1 aromatic rings. The van der Waals surface area contributed by atoms with Crippen LogP contribution in [0.5, 0.6) is 5.75 Å². The van der Waals surface area contributed by atoms with Crippen molar-refractivity contribution < 1.29 is 4.74 Å².